The summed E-state index contributed by atoms with van der Waals surface area (Å²) < 4.78 is 5.08. The molecule has 0 atom stereocenters. The minimum Gasteiger partial charge on any atom is -0.467 e. The van der Waals surface area contributed by atoms with E-state index < -0.39 is 11.8 Å². The number of nitrogens with one attached hydrogen (secondary N) is 2. The van der Waals surface area contributed by atoms with Crippen molar-refractivity contribution in [1.82, 2.24) is 15.5 Å². The fourth-order valence-corrected chi connectivity index (χ4v) is 1.85. The van der Waals surface area contributed by atoms with E-state index >= 15 is 0 Å². The third-order valence-corrected chi connectivity index (χ3v) is 2.82. The molecule has 0 bridgehead atoms. The van der Waals surface area contributed by atoms with Crippen LogP contribution in [-0.4, -0.2) is 42.9 Å². The summed E-state index contributed by atoms with van der Waals surface area (Å²) >= 11 is 0. The van der Waals surface area contributed by atoms with E-state index in [1.165, 1.54) is 6.26 Å². The minimum absolute atomic E-state index is 0.240. The van der Waals surface area contributed by atoms with Crippen molar-refractivity contribution in [1.29, 1.82) is 0 Å². The quantitative estimate of drug-likeness (QED) is 0.709. The molecule has 2 rings (SSSR count). The first-order valence-corrected chi connectivity index (χ1v) is 6.07. The molecule has 6 heteroatoms. The molecule has 2 amide bonds. The highest BCUT2D eigenvalue weighted by atomic mass is 16.3. The molecule has 0 saturated carbocycles. The number of nitrogens with zero attached hydrogens (tertiary/aromatic N) is 1. The van der Waals surface area contributed by atoms with E-state index in [2.05, 4.69) is 10.6 Å². The predicted molar refractivity (Wildman–Crippen MR) is 64.6 cm³/mol. The fraction of sp³-hybridized carbons (Fsp3) is 0.500. The van der Waals surface area contributed by atoms with Crippen LogP contribution in [0.25, 0.3) is 0 Å². The van der Waals surface area contributed by atoms with Gasteiger partial charge in [0.15, 0.2) is 0 Å². The number of carbonyl (C=O) groups excluding carboxylic acids is 2. The van der Waals surface area contributed by atoms with E-state index in [9.17, 15) is 9.59 Å². The lowest BCUT2D eigenvalue weighted by molar-refractivity contribution is -0.145. The largest absolute Gasteiger partial charge is 0.467 e. The van der Waals surface area contributed by atoms with Gasteiger partial charge < -0.3 is 20.0 Å². The van der Waals surface area contributed by atoms with Crippen LogP contribution in [-0.2, 0) is 16.1 Å². The van der Waals surface area contributed by atoms with Gasteiger partial charge in [0.1, 0.15) is 5.76 Å². The van der Waals surface area contributed by atoms with E-state index in [1.807, 2.05) is 0 Å². The third-order valence-electron chi connectivity index (χ3n) is 2.82. The number of carbonyl (C=O) groups is 2. The molecule has 1 saturated heterocycles. The SMILES string of the molecule is O=C(NCc1ccco1)C(=O)N1CCCNCC1. The number of amides is 2. The van der Waals surface area contributed by atoms with E-state index in [0.29, 0.717) is 18.8 Å². The lowest BCUT2D eigenvalue weighted by Crippen LogP contribution is -2.44. The van der Waals surface area contributed by atoms with Crippen molar-refractivity contribution in [2.45, 2.75) is 13.0 Å². The second kappa shape index (κ2) is 6.20. The monoisotopic (exact) mass is 251 g/mol. The Bertz CT molecular complexity index is 395. The molecule has 2 heterocycles. The molecule has 18 heavy (non-hydrogen) atoms. The average Bonchev–Trinajstić information content (AvgIpc) is 2.75. The highest BCUT2D eigenvalue weighted by Crippen LogP contribution is 2.00. The van der Waals surface area contributed by atoms with Crippen molar-refractivity contribution in [2.24, 2.45) is 0 Å². The Morgan fingerprint density at radius 2 is 2.28 bits per heavy atom. The summed E-state index contributed by atoms with van der Waals surface area (Å²) in [7, 11) is 0. The third kappa shape index (κ3) is 3.33. The maximum absolute atomic E-state index is 11.9. The predicted octanol–water partition coefficient (Wildman–Crippen LogP) is -0.282. The van der Waals surface area contributed by atoms with Crippen LogP contribution in [0.3, 0.4) is 0 Å². The van der Waals surface area contributed by atoms with Crippen molar-refractivity contribution in [3.8, 4) is 0 Å². The lowest BCUT2D eigenvalue weighted by atomic mass is 10.3. The molecule has 1 fully saturated rings. The Morgan fingerprint density at radius 3 is 3.06 bits per heavy atom. The van der Waals surface area contributed by atoms with Crippen molar-refractivity contribution in [3.05, 3.63) is 24.2 Å². The molecule has 1 aromatic rings. The summed E-state index contributed by atoms with van der Waals surface area (Å²) in [5.41, 5.74) is 0. The standard InChI is InChI=1S/C12H17N3O3/c16-11(14-9-10-3-1-8-18-10)12(17)15-6-2-4-13-5-7-15/h1,3,8,13H,2,4-7,9H2,(H,14,16). The normalized spacial score (nSPS) is 16.1. The Kier molecular flexibility index (Phi) is 4.35. The van der Waals surface area contributed by atoms with Gasteiger partial charge in [0.2, 0.25) is 0 Å². The first-order chi connectivity index (χ1) is 8.77. The summed E-state index contributed by atoms with van der Waals surface area (Å²) in [6.45, 7) is 3.06. The lowest BCUT2D eigenvalue weighted by Gasteiger charge is -2.18. The zero-order valence-electron chi connectivity index (χ0n) is 10.1. The molecule has 1 aliphatic heterocycles. The summed E-state index contributed by atoms with van der Waals surface area (Å²) in [6, 6.07) is 3.49. The van der Waals surface area contributed by atoms with Gasteiger partial charge in [0, 0.05) is 19.6 Å². The summed E-state index contributed by atoms with van der Waals surface area (Å²) in [5, 5.41) is 5.74. The van der Waals surface area contributed by atoms with E-state index in [0.717, 1.165) is 19.5 Å². The molecule has 0 spiro atoms. The number of furan rings is 1. The number of hydrogen-bond donors (Lipinski definition) is 2. The first kappa shape index (κ1) is 12.6. The van der Waals surface area contributed by atoms with Crippen LogP contribution in [0.2, 0.25) is 0 Å². The Morgan fingerprint density at radius 1 is 1.39 bits per heavy atom. The highest BCUT2D eigenvalue weighted by molar-refractivity contribution is 6.34. The van der Waals surface area contributed by atoms with Crippen LogP contribution >= 0.6 is 0 Å². The summed E-state index contributed by atoms with van der Waals surface area (Å²) in [6.07, 6.45) is 2.40. The smallest absolute Gasteiger partial charge is 0.311 e. The Balaban J connectivity index is 1.82. The fourth-order valence-electron chi connectivity index (χ4n) is 1.85. The van der Waals surface area contributed by atoms with Gasteiger partial charge in [-0.3, -0.25) is 9.59 Å². The van der Waals surface area contributed by atoms with Gasteiger partial charge in [-0.2, -0.15) is 0 Å². The van der Waals surface area contributed by atoms with Gasteiger partial charge >= 0.3 is 11.8 Å². The van der Waals surface area contributed by atoms with Crippen molar-refractivity contribution >= 4 is 11.8 Å². The van der Waals surface area contributed by atoms with E-state index in [4.69, 9.17) is 4.42 Å². The van der Waals surface area contributed by atoms with Gasteiger partial charge in [-0.15, -0.1) is 0 Å². The highest BCUT2D eigenvalue weighted by Gasteiger charge is 2.22. The molecule has 98 valence electrons. The van der Waals surface area contributed by atoms with Crippen LogP contribution in [0, 0.1) is 0 Å². The van der Waals surface area contributed by atoms with Gasteiger partial charge in [-0.05, 0) is 25.1 Å². The van der Waals surface area contributed by atoms with Gasteiger partial charge in [0.05, 0.1) is 12.8 Å². The van der Waals surface area contributed by atoms with E-state index in [-0.39, 0.29) is 6.54 Å². The van der Waals surface area contributed by atoms with Gasteiger partial charge in [0.25, 0.3) is 0 Å². The maximum Gasteiger partial charge on any atom is 0.311 e. The van der Waals surface area contributed by atoms with Gasteiger partial charge in [-0.25, -0.2) is 0 Å². The molecular weight excluding hydrogens is 234 g/mol. The Labute approximate surface area is 105 Å². The van der Waals surface area contributed by atoms with Crippen molar-refractivity contribution < 1.29 is 14.0 Å². The van der Waals surface area contributed by atoms with Crippen LogP contribution in [0.15, 0.2) is 22.8 Å². The molecule has 6 nitrogen and oxygen atoms in total. The summed E-state index contributed by atoms with van der Waals surface area (Å²) in [4.78, 5) is 25.1. The summed E-state index contributed by atoms with van der Waals surface area (Å²) in [5.74, 6) is -0.410. The molecule has 0 aromatic carbocycles. The van der Waals surface area contributed by atoms with Crippen LogP contribution in [0.4, 0.5) is 0 Å². The molecule has 2 N–H and O–H groups in total. The Hall–Kier alpha value is -1.82. The second-order valence-corrected chi connectivity index (χ2v) is 4.16. The average molecular weight is 251 g/mol. The van der Waals surface area contributed by atoms with Crippen LogP contribution in [0.5, 0.6) is 0 Å². The van der Waals surface area contributed by atoms with Gasteiger partial charge in [-0.1, -0.05) is 0 Å². The van der Waals surface area contributed by atoms with Crippen LogP contribution in [0.1, 0.15) is 12.2 Å². The zero-order valence-corrected chi connectivity index (χ0v) is 10.1. The maximum atomic E-state index is 11.9. The minimum atomic E-state index is -0.576. The molecule has 0 radical (unpaired) electrons. The first-order valence-electron chi connectivity index (χ1n) is 6.07. The second-order valence-electron chi connectivity index (χ2n) is 4.16. The molecule has 0 unspecified atom stereocenters. The van der Waals surface area contributed by atoms with E-state index in [1.54, 1.807) is 17.0 Å². The zero-order chi connectivity index (χ0) is 12.8. The van der Waals surface area contributed by atoms with Crippen molar-refractivity contribution in [3.63, 3.8) is 0 Å². The van der Waals surface area contributed by atoms with Crippen molar-refractivity contribution in [2.75, 3.05) is 26.2 Å². The molecule has 0 aliphatic carbocycles. The molecule has 1 aliphatic rings. The molecule has 1 aromatic heterocycles. The molecular formula is C12H17N3O3. The van der Waals surface area contributed by atoms with Crippen LogP contribution < -0.4 is 10.6 Å². The number of hydrogen-bond acceptors (Lipinski definition) is 4. The number of rotatable bonds is 2. The topological polar surface area (TPSA) is 74.6 Å².